The fraction of sp³-hybridized carbons (Fsp3) is 0.147. The van der Waals surface area contributed by atoms with Crippen LogP contribution in [0.15, 0.2) is 95.5 Å². The summed E-state index contributed by atoms with van der Waals surface area (Å²) in [6, 6.07) is 24.0. The minimum Gasteiger partial charge on any atom is -0.496 e. The highest BCUT2D eigenvalue weighted by Gasteiger charge is 2.19. The Labute approximate surface area is 264 Å². The molecule has 0 unspecified atom stereocenters. The van der Waals surface area contributed by atoms with Gasteiger partial charge in [0.25, 0.3) is 11.8 Å². The Kier molecular flexibility index (Phi) is 9.90. The fourth-order valence-electron chi connectivity index (χ4n) is 4.43. The number of ketones is 1. The lowest BCUT2D eigenvalue weighted by Gasteiger charge is -2.15. The van der Waals surface area contributed by atoms with Crippen molar-refractivity contribution < 1.29 is 38.1 Å². The summed E-state index contributed by atoms with van der Waals surface area (Å²) in [6.45, 7) is 0.134. The van der Waals surface area contributed by atoms with E-state index in [2.05, 4.69) is 10.6 Å². The van der Waals surface area contributed by atoms with Crippen LogP contribution >= 0.6 is 11.8 Å². The van der Waals surface area contributed by atoms with Gasteiger partial charge in [0.15, 0.2) is 28.8 Å². The van der Waals surface area contributed by atoms with Gasteiger partial charge in [0.2, 0.25) is 6.79 Å². The third-order valence-electron chi connectivity index (χ3n) is 6.72. The summed E-state index contributed by atoms with van der Waals surface area (Å²) in [5.74, 6) is 1.47. The molecule has 0 aliphatic carbocycles. The highest BCUT2D eigenvalue weighted by Crippen LogP contribution is 2.36. The second-order valence-electron chi connectivity index (χ2n) is 9.59. The van der Waals surface area contributed by atoms with Crippen LogP contribution in [0.5, 0.6) is 28.7 Å². The summed E-state index contributed by atoms with van der Waals surface area (Å²) in [6.07, 6.45) is 1.50. The molecule has 0 bridgehead atoms. The van der Waals surface area contributed by atoms with Crippen LogP contribution in [0.25, 0.3) is 6.08 Å². The number of nitrogens with one attached hydrogen (secondary N) is 2. The van der Waals surface area contributed by atoms with Gasteiger partial charge in [0.1, 0.15) is 11.4 Å². The molecule has 0 atom stereocenters. The van der Waals surface area contributed by atoms with E-state index in [-0.39, 0.29) is 24.0 Å². The van der Waals surface area contributed by atoms with E-state index in [1.807, 2.05) is 6.07 Å². The maximum absolute atomic E-state index is 13.6. The van der Waals surface area contributed by atoms with Gasteiger partial charge in [-0.1, -0.05) is 24.3 Å². The van der Waals surface area contributed by atoms with Crippen LogP contribution in [0, 0.1) is 0 Å². The third-order valence-corrected chi connectivity index (χ3v) is 7.71. The molecular weight excluding hydrogens is 596 g/mol. The van der Waals surface area contributed by atoms with Gasteiger partial charge in [-0.25, -0.2) is 0 Å². The Morgan fingerprint density at radius 2 is 1.51 bits per heavy atom. The Bertz CT molecular complexity index is 1760. The summed E-state index contributed by atoms with van der Waals surface area (Å²) in [5, 5.41) is 5.57. The van der Waals surface area contributed by atoms with Gasteiger partial charge in [0, 0.05) is 33.3 Å². The number of hydrogen-bond acceptors (Lipinski definition) is 9. The molecule has 2 amide bonds. The Balaban J connectivity index is 1.36. The molecule has 5 rings (SSSR count). The smallest absolute Gasteiger partial charge is 0.272 e. The summed E-state index contributed by atoms with van der Waals surface area (Å²) >= 11 is 1.33. The number of amides is 2. The molecule has 0 fully saturated rings. The molecule has 230 valence electrons. The molecule has 0 saturated heterocycles. The number of carbonyl (C=O) groups excluding carboxylic acids is 3. The number of anilines is 1. The number of carbonyl (C=O) groups is 3. The minimum atomic E-state index is -0.574. The van der Waals surface area contributed by atoms with Crippen LogP contribution < -0.4 is 34.3 Å². The summed E-state index contributed by atoms with van der Waals surface area (Å²) in [7, 11) is 4.49. The van der Waals surface area contributed by atoms with Crippen molar-refractivity contribution in [2.45, 2.75) is 4.90 Å². The molecule has 0 spiro atoms. The SMILES string of the molecule is COc1cc(OC)c(OC)cc1/C=C(\NC(=O)c1ccccc1)C(=O)Nc1cccc(SCC(=O)c2ccc3c(c2)OCO3)c1. The van der Waals surface area contributed by atoms with Crippen molar-refractivity contribution in [3.63, 3.8) is 0 Å². The molecular formula is C34H30N2O8S. The zero-order valence-corrected chi connectivity index (χ0v) is 25.6. The van der Waals surface area contributed by atoms with Crippen molar-refractivity contribution in [2.24, 2.45) is 0 Å². The van der Waals surface area contributed by atoms with Crippen molar-refractivity contribution in [2.75, 3.05) is 39.2 Å². The molecule has 0 aromatic heterocycles. The molecule has 0 radical (unpaired) electrons. The summed E-state index contributed by atoms with van der Waals surface area (Å²) in [5.41, 5.74) is 1.80. The van der Waals surface area contributed by atoms with E-state index in [0.717, 1.165) is 4.90 Å². The predicted octanol–water partition coefficient (Wildman–Crippen LogP) is 5.83. The van der Waals surface area contributed by atoms with Crippen LogP contribution in [0.2, 0.25) is 0 Å². The topological polar surface area (TPSA) is 121 Å². The molecule has 45 heavy (non-hydrogen) atoms. The highest BCUT2D eigenvalue weighted by molar-refractivity contribution is 8.00. The van der Waals surface area contributed by atoms with Crippen molar-refractivity contribution in [1.29, 1.82) is 0 Å². The lowest BCUT2D eigenvalue weighted by Crippen LogP contribution is -2.30. The van der Waals surface area contributed by atoms with Gasteiger partial charge in [-0.15, -0.1) is 11.8 Å². The molecule has 4 aromatic carbocycles. The quantitative estimate of drug-likeness (QED) is 0.114. The van der Waals surface area contributed by atoms with Crippen LogP contribution in [-0.4, -0.2) is 51.5 Å². The normalized spacial score (nSPS) is 11.8. The molecule has 2 N–H and O–H groups in total. The van der Waals surface area contributed by atoms with Crippen LogP contribution in [0.3, 0.4) is 0 Å². The first kappa shape index (κ1) is 31.0. The lowest BCUT2D eigenvalue weighted by atomic mass is 10.1. The highest BCUT2D eigenvalue weighted by atomic mass is 32.2. The van der Waals surface area contributed by atoms with Crippen molar-refractivity contribution in [1.82, 2.24) is 5.32 Å². The van der Waals surface area contributed by atoms with E-state index in [9.17, 15) is 14.4 Å². The molecule has 4 aromatic rings. The second-order valence-corrected chi connectivity index (χ2v) is 10.6. The van der Waals surface area contributed by atoms with Gasteiger partial charge < -0.3 is 34.3 Å². The predicted molar refractivity (Wildman–Crippen MR) is 171 cm³/mol. The van der Waals surface area contributed by atoms with E-state index < -0.39 is 11.8 Å². The van der Waals surface area contributed by atoms with Crippen molar-refractivity contribution in [3.05, 3.63) is 107 Å². The number of ether oxygens (including phenoxy) is 5. The largest absolute Gasteiger partial charge is 0.496 e. The molecule has 0 saturated carbocycles. The average molecular weight is 627 g/mol. The molecule has 11 heteroatoms. The van der Waals surface area contributed by atoms with Crippen LogP contribution in [0.4, 0.5) is 5.69 Å². The number of thioether (sulfide) groups is 1. The minimum absolute atomic E-state index is 0.0367. The van der Waals surface area contributed by atoms with Gasteiger partial charge in [-0.3, -0.25) is 14.4 Å². The number of methoxy groups -OCH3 is 3. The van der Waals surface area contributed by atoms with Gasteiger partial charge in [-0.2, -0.15) is 0 Å². The molecule has 1 heterocycles. The molecule has 1 aliphatic heterocycles. The van der Waals surface area contributed by atoms with Crippen LogP contribution in [-0.2, 0) is 4.79 Å². The standard InChI is InChI=1S/C34H30N2O8S/c1-40-29-18-31(42-3)30(41-2)16-23(29)14-26(36-33(38)21-8-5-4-6-9-21)34(39)35-24-10-7-11-25(17-24)45-19-27(37)22-12-13-28-32(15-22)44-20-43-28/h4-18H,19-20H2,1-3H3,(H,35,39)(H,36,38)/b26-14-. The average Bonchev–Trinajstić information content (AvgIpc) is 3.55. The van der Waals surface area contributed by atoms with Gasteiger partial charge >= 0.3 is 0 Å². The first-order valence-electron chi connectivity index (χ1n) is 13.7. The summed E-state index contributed by atoms with van der Waals surface area (Å²) in [4.78, 5) is 40.4. The molecule has 1 aliphatic rings. The van der Waals surface area contributed by atoms with E-state index in [4.69, 9.17) is 23.7 Å². The van der Waals surface area contributed by atoms with E-state index in [1.54, 1.807) is 78.9 Å². The maximum atomic E-state index is 13.6. The monoisotopic (exact) mass is 626 g/mol. The zero-order valence-electron chi connectivity index (χ0n) is 24.7. The number of fused-ring (bicyclic) bond motifs is 1. The summed E-state index contributed by atoms with van der Waals surface area (Å²) < 4.78 is 27.0. The van der Waals surface area contributed by atoms with Crippen molar-refractivity contribution in [3.8, 4) is 28.7 Å². The van der Waals surface area contributed by atoms with E-state index in [0.29, 0.717) is 51.1 Å². The third kappa shape index (κ3) is 7.57. The zero-order chi connectivity index (χ0) is 31.8. The Morgan fingerprint density at radius 1 is 0.778 bits per heavy atom. The first-order chi connectivity index (χ1) is 21.9. The van der Waals surface area contributed by atoms with E-state index in [1.165, 1.54) is 39.2 Å². The second kappa shape index (κ2) is 14.4. The van der Waals surface area contributed by atoms with Crippen LogP contribution in [0.1, 0.15) is 26.3 Å². The Hall–Kier alpha value is -5.42. The number of rotatable bonds is 12. The fourth-order valence-corrected chi connectivity index (χ4v) is 5.28. The number of hydrogen-bond donors (Lipinski definition) is 2. The van der Waals surface area contributed by atoms with Crippen molar-refractivity contribution >= 4 is 41.1 Å². The number of Topliss-reactive ketones (excluding diaryl/α,β-unsaturated/α-hetero) is 1. The first-order valence-corrected chi connectivity index (χ1v) is 14.7. The van der Waals surface area contributed by atoms with Gasteiger partial charge in [0.05, 0.1) is 27.1 Å². The molecule has 10 nitrogen and oxygen atoms in total. The number of benzene rings is 4. The van der Waals surface area contributed by atoms with Gasteiger partial charge in [-0.05, 0) is 60.7 Å². The Morgan fingerprint density at radius 3 is 2.27 bits per heavy atom. The maximum Gasteiger partial charge on any atom is 0.272 e. The van der Waals surface area contributed by atoms with E-state index >= 15 is 0 Å². The lowest BCUT2D eigenvalue weighted by molar-refractivity contribution is -0.113.